The molecule has 0 atom stereocenters. The van der Waals surface area contributed by atoms with Gasteiger partial charge in [0.2, 0.25) is 0 Å². The zero-order valence-corrected chi connectivity index (χ0v) is 61.1. The molecule has 5 heterocycles. The lowest BCUT2D eigenvalue weighted by Crippen LogP contribution is -2.61. The van der Waals surface area contributed by atoms with Gasteiger partial charge in [0.05, 0.1) is 55.4 Å². The number of pyridine rings is 1. The van der Waals surface area contributed by atoms with E-state index in [-0.39, 0.29) is 43.6 Å². The predicted molar refractivity (Wildman–Crippen MR) is 442 cm³/mol. The maximum Gasteiger partial charge on any atom is 0.252 e. The standard InChI is InChI=1S/C97H90BN5/c1-93(2,3)65-53-74(61-33-19-16-20-34-61)91(75(54-65)62-35-21-17-22-36-62)102-84-59-68(100-80-43-29-25-39-70(80)71-40-26-30-44-81(71)100)47-49-78(84)98-79-50-48-69(101-82-45-31-27-41-72(82)73-42-28-32-46-83(73)101)60-85(79)103(87-58-67(95(7,8)9)57-86(102)90(87)98)92-76(63-37-23-18-24-38-63)55-66(94(4,5)6)56-77(92)64-51-88(96(10,11)12)99-89(52-64)97(13,14)15/h16-60H,1-15H3/i25D,26D,27D,28D,29D,30D,31D,32D,39D,40D,41D,42D,43D,44D,45D,46D. The topological polar surface area (TPSA) is 29.2 Å². The Kier molecular flexibility index (Phi) is 11.5. The van der Waals surface area contributed by atoms with Crippen LogP contribution >= 0.6 is 0 Å². The molecule has 506 valence electrons. The molecule has 0 spiro atoms. The summed E-state index contributed by atoms with van der Waals surface area (Å²) in [7, 11) is 0. The zero-order valence-electron chi connectivity index (χ0n) is 77.1. The van der Waals surface area contributed by atoms with Crippen LogP contribution in [-0.2, 0) is 27.1 Å². The summed E-state index contributed by atoms with van der Waals surface area (Å²) in [5.41, 5.74) is 16.4. The molecular weight excluding hydrogens is 1250 g/mol. The van der Waals surface area contributed by atoms with Crippen LogP contribution in [0.15, 0.2) is 273 Å². The van der Waals surface area contributed by atoms with Crippen molar-refractivity contribution in [2.45, 2.75) is 131 Å². The molecule has 3 aromatic heterocycles. The van der Waals surface area contributed by atoms with Crippen LogP contribution in [-0.4, -0.2) is 20.8 Å². The van der Waals surface area contributed by atoms with Gasteiger partial charge in [-0.05, 0) is 169 Å². The molecule has 6 heteroatoms. The summed E-state index contributed by atoms with van der Waals surface area (Å²) in [4.78, 5) is 10.2. The minimum absolute atomic E-state index is 0.0469. The molecule has 5 nitrogen and oxygen atoms in total. The van der Waals surface area contributed by atoms with Gasteiger partial charge >= 0.3 is 0 Å². The average molecular weight is 1350 g/mol. The van der Waals surface area contributed by atoms with Crippen molar-refractivity contribution in [1.82, 2.24) is 14.1 Å². The van der Waals surface area contributed by atoms with E-state index in [1.807, 2.05) is 91.0 Å². The fourth-order valence-corrected chi connectivity index (χ4v) is 15.3. The Labute approximate surface area is 631 Å². The van der Waals surface area contributed by atoms with Gasteiger partial charge < -0.3 is 18.9 Å². The van der Waals surface area contributed by atoms with Crippen LogP contribution in [0.3, 0.4) is 0 Å². The first-order valence-corrected chi connectivity index (χ1v) is 35.6. The molecular formula is C97H90BN5. The fourth-order valence-electron chi connectivity index (χ4n) is 15.3. The summed E-state index contributed by atoms with van der Waals surface area (Å²) in [6.07, 6.45) is 0. The van der Waals surface area contributed by atoms with E-state index in [1.165, 1.54) is 0 Å². The van der Waals surface area contributed by atoms with Crippen molar-refractivity contribution in [3.8, 4) is 55.9 Å². The molecule has 2 aliphatic heterocycles. The number of hydrogen-bond donors (Lipinski definition) is 0. The number of para-hydroxylation sites is 4. The zero-order chi connectivity index (χ0) is 85.3. The van der Waals surface area contributed by atoms with E-state index in [0.717, 1.165) is 112 Å². The van der Waals surface area contributed by atoms with Crippen LogP contribution in [0.25, 0.3) is 99.5 Å². The largest absolute Gasteiger partial charge is 0.310 e. The summed E-state index contributed by atoms with van der Waals surface area (Å²) in [5.74, 6) is 0. The van der Waals surface area contributed by atoms with E-state index in [9.17, 15) is 16.4 Å². The van der Waals surface area contributed by atoms with Gasteiger partial charge in [-0.1, -0.05) is 279 Å². The molecule has 103 heavy (non-hydrogen) atoms. The number of fused-ring (bicyclic) bond motifs is 10. The Bertz CT molecular complexity index is 6650. The van der Waals surface area contributed by atoms with Crippen LogP contribution in [0, 0.1) is 0 Å². The van der Waals surface area contributed by atoms with E-state index >= 15 is 0 Å². The van der Waals surface area contributed by atoms with Gasteiger partial charge in [0, 0.05) is 100 Å². The molecule has 0 N–H and O–H groups in total. The lowest BCUT2D eigenvalue weighted by Gasteiger charge is -2.47. The van der Waals surface area contributed by atoms with E-state index in [2.05, 4.69) is 199 Å². The molecule has 15 aromatic rings. The lowest BCUT2D eigenvalue weighted by molar-refractivity contribution is 0.531. The number of rotatable bonds is 8. The third-order valence-corrected chi connectivity index (χ3v) is 20.8. The van der Waals surface area contributed by atoms with Crippen molar-refractivity contribution < 1.29 is 21.9 Å². The number of aromatic nitrogens is 3. The highest BCUT2D eigenvalue weighted by Gasteiger charge is 2.47. The van der Waals surface area contributed by atoms with E-state index in [1.54, 1.807) is 9.13 Å². The quantitative estimate of drug-likeness (QED) is 0.142. The molecule has 0 bridgehead atoms. The summed E-state index contributed by atoms with van der Waals surface area (Å²) >= 11 is 0. The SMILES string of the molecule is [2H]c1c([2H])c([2H])c2c(c1[2H])c1c([2H])c([2H])c([2H])c([2H])c1n2-c1ccc2c(c1)N(c1c(-c3ccccc3)cc(C(C)(C)C)cc1-c1ccccc1)c1cc(C(C)(C)C)cc3c1B2c1ccc(-n2c4c([2H])c([2H])c([2H])c([2H])c4c4c([2H])c([2H])c([2H])c([2H])c42)cc1N3c1c(-c2ccccc2)cc(C(C)(C)C)cc1-c1cc(C(C)(C)C)nc(C(C)(C)C)c1. The fraction of sp³-hybridized carbons (Fsp3) is 0.206. The third-order valence-electron chi connectivity index (χ3n) is 20.8. The maximum atomic E-state index is 9.94. The maximum absolute atomic E-state index is 9.94. The Morgan fingerprint density at radius 1 is 0.301 bits per heavy atom. The summed E-state index contributed by atoms with van der Waals surface area (Å²) in [6.45, 7) is 32.1. The molecule has 17 rings (SSSR count). The Morgan fingerprint density at radius 3 is 0.913 bits per heavy atom. The molecule has 0 saturated carbocycles. The number of hydrogen-bond acceptors (Lipinski definition) is 3. The third kappa shape index (κ3) is 10.9. The van der Waals surface area contributed by atoms with E-state index in [4.69, 9.17) is 10.5 Å². The minimum Gasteiger partial charge on any atom is -0.310 e. The van der Waals surface area contributed by atoms with Crippen LogP contribution in [0.4, 0.5) is 34.1 Å². The number of nitrogens with zero attached hydrogens (tertiary/aromatic N) is 5. The van der Waals surface area contributed by atoms with Gasteiger partial charge in [-0.3, -0.25) is 4.98 Å². The lowest BCUT2D eigenvalue weighted by atomic mass is 9.33. The molecule has 0 radical (unpaired) electrons. The number of anilines is 6. The van der Waals surface area contributed by atoms with Crippen molar-refractivity contribution in [2.75, 3.05) is 9.80 Å². The van der Waals surface area contributed by atoms with Crippen molar-refractivity contribution in [3.05, 3.63) is 301 Å². The Morgan fingerprint density at radius 2 is 0.602 bits per heavy atom. The second kappa shape index (κ2) is 23.8. The first-order valence-electron chi connectivity index (χ1n) is 43.6. The van der Waals surface area contributed by atoms with Crippen LogP contribution in [0.2, 0.25) is 0 Å². The Hall–Kier alpha value is -10.9. The normalized spacial score (nSPS) is 15.5. The van der Waals surface area contributed by atoms with Gasteiger partial charge in [0.1, 0.15) is 0 Å². The molecule has 12 aromatic carbocycles. The van der Waals surface area contributed by atoms with Crippen molar-refractivity contribution in [2.24, 2.45) is 0 Å². The van der Waals surface area contributed by atoms with Crippen LogP contribution in [0.5, 0.6) is 0 Å². The molecule has 0 aliphatic carbocycles. The Balaban J connectivity index is 1.13. The highest BCUT2D eigenvalue weighted by molar-refractivity contribution is 7.00. The monoisotopic (exact) mass is 1350 g/mol. The average Bonchev–Trinajstić information content (AvgIpc) is 1.45. The van der Waals surface area contributed by atoms with Crippen LogP contribution < -0.4 is 26.2 Å². The van der Waals surface area contributed by atoms with Gasteiger partial charge in [0.25, 0.3) is 6.71 Å². The molecule has 0 amide bonds. The van der Waals surface area contributed by atoms with Crippen molar-refractivity contribution >= 4 is 101 Å². The van der Waals surface area contributed by atoms with Crippen molar-refractivity contribution in [1.29, 1.82) is 0 Å². The molecule has 0 unspecified atom stereocenters. The van der Waals surface area contributed by atoms with E-state index in [0.29, 0.717) is 22.7 Å². The summed E-state index contributed by atoms with van der Waals surface area (Å²) < 4.78 is 155. The van der Waals surface area contributed by atoms with Gasteiger partial charge in [0.15, 0.2) is 0 Å². The minimum atomic E-state index is -0.775. The number of benzene rings is 12. The van der Waals surface area contributed by atoms with Gasteiger partial charge in [-0.2, -0.15) is 0 Å². The first kappa shape index (κ1) is 49.6. The predicted octanol–water partition coefficient (Wildman–Crippen LogP) is 24.5. The summed E-state index contributed by atoms with van der Waals surface area (Å²) in [6, 6.07) is 52.9. The molecule has 0 saturated heterocycles. The molecule has 0 fully saturated rings. The van der Waals surface area contributed by atoms with Gasteiger partial charge in [-0.15, -0.1) is 0 Å². The summed E-state index contributed by atoms with van der Waals surface area (Å²) in [5, 5.41) is -0.282. The van der Waals surface area contributed by atoms with E-state index < -0.39 is 130 Å². The second-order valence-electron chi connectivity index (χ2n) is 32.9. The smallest absolute Gasteiger partial charge is 0.252 e. The highest BCUT2D eigenvalue weighted by atomic mass is 15.2. The van der Waals surface area contributed by atoms with Crippen molar-refractivity contribution in [3.63, 3.8) is 0 Å². The molecule has 2 aliphatic rings. The first-order chi connectivity index (χ1) is 55.9. The van der Waals surface area contributed by atoms with Crippen LogP contribution in [0.1, 0.15) is 154 Å². The van der Waals surface area contributed by atoms with Gasteiger partial charge in [-0.25, -0.2) is 0 Å². The highest BCUT2D eigenvalue weighted by Crippen LogP contribution is 2.56. The second-order valence-corrected chi connectivity index (χ2v) is 32.9.